The maximum atomic E-state index is 12.2. The quantitative estimate of drug-likeness (QED) is 0.804. The van der Waals surface area contributed by atoms with Crippen LogP contribution in [0.5, 0.6) is 5.75 Å². The Bertz CT molecular complexity index is 737. The van der Waals surface area contributed by atoms with E-state index in [1.807, 2.05) is 29.6 Å². The molecule has 1 saturated carbocycles. The second kappa shape index (κ2) is 8.58. The molecule has 0 bridgehead atoms. The summed E-state index contributed by atoms with van der Waals surface area (Å²) in [5.74, 6) is 1.04. The minimum atomic E-state index is -1.24. The second-order valence-electron chi connectivity index (χ2n) is 6.15. The van der Waals surface area contributed by atoms with E-state index in [0.29, 0.717) is 5.75 Å². The van der Waals surface area contributed by atoms with E-state index in [1.165, 1.54) is 24.2 Å². The van der Waals surface area contributed by atoms with Gasteiger partial charge in [-0.2, -0.15) is 0 Å². The van der Waals surface area contributed by atoms with Gasteiger partial charge in [0.15, 0.2) is 0 Å². The molecule has 2 aromatic rings. The van der Waals surface area contributed by atoms with E-state index in [9.17, 15) is 9.00 Å². The Kier molecular flexibility index (Phi) is 6.20. The molecule has 1 heterocycles. The Hall–Kier alpha value is -1.73. The lowest BCUT2D eigenvalue weighted by Gasteiger charge is -2.11. The van der Waals surface area contributed by atoms with Crippen LogP contribution in [0.1, 0.15) is 31.4 Å². The zero-order valence-corrected chi connectivity index (χ0v) is 15.8. The predicted octanol–water partition coefficient (Wildman–Crippen LogP) is 3.13. The first-order valence-corrected chi connectivity index (χ1v) is 10.7. The highest BCUT2D eigenvalue weighted by Gasteiger charge is 2.18. The van der Waals surface area contributed by atoms with Crippen LogP contribution >= 0.6 is 11.3 Å². The zero-order chi connectivity index (χ0) is 17.6. The summed E-state index contributed by atoms with van der Waals surface area (Å²) in [6.45, 7) is 0. The molecule has 25 heavy (non-hydrogen) atoms. The zero-order valence-electron chi connectivity index (χ0n) is 14.2. The number of thiazole rings is 1. The summed E-state index contributed by atoms with van der Waals surface area (Å²) in [5.41, 5.74) is 1.77. The fourth-order valence-electron chi connectivity index (χ4n) is 2.94. The highest BCUT2D eigenvalue weighted by atomic mass is 32.2. The van der Waals surface area contributed by atoms with Crippen molar-refractivity contribution in [1.82, 2.24) is 10.3 Å². The molecule has 7 heteroatoms. The number of ether oxygens (including phenoxy) is 1. The van der Waals surface area contributed by atoms with Crippen molar-refractivity contribution in [3.8, 4) is 16.3 Å². The van der Waals surface area contributed by atoms with Crippen LogP contribution in [0, 0.1) is 0 Å². The smallest absolute Gasteiger partial charge is 0.232 e. The number of carbonyl (C=O) groups is 1. The van der Waals surface area contributed by atoms with E-state index in [1.54, 1.807) is 7.11 Å². The number of nitrogens with zero attached hydrogens (tertiary/aromatic N) is 1. The van der Waals surface area contributed by atoms with E-state index in [4.69, 9.17) is 4.74 Å². The third-order valence-electron chi connectivity index (χ3n) is 4.21. The number of methoxy groups -OCH3 is 1. The summed E-state index contributed by atoms with van der Waals surface area (Å²) in [5, 5.41) is 5.76. The number of benzene rings is 1. The molecule has 0 saturated heterocycles. The Morgan fingerprint density at radius 2 is 2.04 bits per heavy atom. The summed E-state index contributed by atoms with van der Waals surface area (Å²) >= 11 is 1.52. The van der Waals surface area contributed by atoms with Crippen molar-refractivity contribution in [3.05, 3.63) is 35.3 Å². The number of hydrogen-bond acceptors (Lipinski definition) is 5. The summed E-state index contributed by atoms with van der Waals surface area (Å²) in [4.78, 5) is 16.5. The van der Waals surface area contributed by atoms with Gasteiger partial charge in [-0.3, -0.25) is 9.00 Å². The molecule has 0 unspecified atom stereocenters. The van der Waals surface area contributed by atoms with Crippen molar-refractivity contribution in [2.75, 3.05) is 12.9 Å². The van der Waals surface area contributed by atoms with E-state index in [0.717, 1.165) is 34.9 Å². The SMILES string of the molecule is COc1ccc(-c2nc(C[S@@](=O)CC(=O)NC3CCCC3)cs2)cc1. The highest BCUT2D eigenvalue weighted by Crippen LogP contribution is 2.26. The van der Waals surface area contributed by atoms with E-state index >= 15 is 0 Å². The summed E-state index contributed by atoms with van der Waals surface area (Å²) in [6.07, 6.45) is 4.41. The van der Waals surface area contributed by atoms with Crippen LogP contribution in [0.4, 0.5) is 0 Å². The number of rotatable bonds is 7. The molecule has 1 atom stereocenters. The first-order valence-electron chi connectivity index (χ1n) is 8.37. The number of amides is 1. The van der Waals surface area contributed by atoms with Gasteiger partial charge in [0.05, 0.1) is 18.6 Å². The fraction of sp³-hybridized carbons (Fsp3) is 0.444. The summed E-state index contributed by atoms with van der Waals surface area (Å²) < 4.78 is 17.4. The maximum Gasteiger partial charge on any atom is 0.232 e. The maximum absolute atomic E-state index is 12.2. The van der Waals surface area contributed by atoms with Gasteiger partial charge in [0.1, 0.15) is 16.5 Å². The first kappa shape index (κ1) is 18.1. The molecular formula is C18H22N2O3S2. The molecule has 1 fully saturated rings. The van der Waals surface area contributed by atoms with Crippen molar-refractivity contribution in [2.24, 2.45) is 0 Å². The molecule has 0 radical (unpaired) electrons. The third kappa shape index (κ3) is 5.12. The van der Waals surface area contributed by atoms with Gasteiger partial charge in [-0.15, -0.1) is 11.3 Å². The van der Waals surface area contributed by atoms with E-state index in [2.05, 4.69) is 10.3 Å². The third-order valence-corrected chi connectivity index (χ3v) is 6.35. The average molecular weight is 379 g/mol. The number of hydrogen-bond donors (Lipinski definition) is 1. The monoisotopic (exact) mass is 378 g/mol. The van der Waals surface area contributed by atoms with Crippen molar-refractivity contribution in [1.29, 1.82) is 0 Å². The van der Waals surface area contributed by atoms with Crippen LogP contribution in [0.15, 0.2) is 29.6 Å². The number of carbonyl (C=O) groups excluding carboxylic acids is 1. The molecule has 5 nitrogen and oxygen atoms in total. The van der Waals surface area contributed by atoms with Gasteiger partial charge in [-0.1, -0.05) is 12.8 Å². The molecule has 1 aliphatic rings. The van der Waals surface area contributed by atoms with Gasteiger partial charge >= 0.3 is 0 Å². The minimum Gasteiger partial charge on any atom is -0.497 e. The molecule has 0 aliphatic heterocycles. The Balaban J connectivity index is 1.53. The molecule has 1 amide bonds. The van der Waals surface area contributed by atoms with Gasteiger partial charge in [0, 0.05) is 27.8 Å². The molecule has 1 N–H and O–H groups in total. The average Bonchev–Trinajstić information content (AvgIpc) is 3.26. The van der Waals surface area contributed by atoms with Gasteiger partial charge in [0.2, 0.25) is 5.91 Å². The summed E-state index contributed by atoms with van der Waals surface area (Å²) in [6, 6.07) is 7.95. The van der Waals surface area contributed by atoms with Crippen LogP contribution < -0.4 is 10.1 Å². The molecule has 1 aromatic carbocycles. The predicted molar refractivity (Wildman–Crippen MR) is 101 cm³/mol. The standard InChI is InChI=1S/C18H22N2O3S2/c1-23-16-8-6-13(7-9-16)18-20-15(10-24-18)11-25(22)12-17(21)19-14-4-2-3-5-14/h6-10,14H,2-5,11-12H2,1H3,(H,19,21)/t25-/m1/s1. The van der Waals surface area contributed by atoms with Gasteiger partial charge in [-0.05, 0) is 37.1 Å². The number of aromatic nitrogens is 1. The van der Waals surface area contributed by atoms with Crippen LogP contribution in [-0.2, 0) is 21.3 Å². The van der Waals surface area contributed by atoms with Crippen molar-refractivity contribution < 1.29 is 13.7 Å². The Morgan fingerprint density at radius 3 is 2.72 bits per heavy atom. The number of nitrogens with one attached hydrogen (secondary N) is 1. The molecule has 1 aromatic heterocycles. The molecular weight excluding hydrogens is 356 g/mol. The van der Waals surface area contributed by atoms with Gasteiger partial charge in [-0.25, -0.2) is 4.98 Å². The molecule has 1 aliphatic carbocycles. The van der Waals surface area contributed by atoms with E-state index in [-0.39, 0.29) is 17.7 Å². The highest BCUT2D eigenvalue weighted by molar-refractivity contribution is 7.84. The summed E-state index contributed by atoms with van der Waals surface area (Å²) in [7, 11) is 0.397. The van der Waals surface area contributed by atoms with Gasteiger partial charge in [0.25, 0.3) is 0 Å². The first-order chi connectivity index (χ1) is 12.1. The van der Waals surface area contributed by atoms with Crippen LogP contribution in [0.25, 0.3) is 10.6 Å². The van der Waals surface area contributed by atoms with Gasteiger partial charge < -0.3 is 10.1 Å². The lowest BCUT2D eigenvalue weighted by Crippen LogP contribution is -2.35. The fourth-order valence-corrected chi connectivity index (χ4v) is 4.83. The minimum absolute atomic E-state index is 0.0475. The lowest BCUT2D eigenvalue weighted by molar-refractivity contribution is -0.119. The molecule has 134 valence electrons. The van der Waals surface area contributed by atoms with E-state index < -0.39 is 10.8 Å². The van der Waals surface area contributed by atoms with Crippen LogP contribution in [0.3, 0.4) is 0 Å². The molecule has 3 rings (SSSR count). The second-order valence-corrected chi connectivity index (χ2v) is 8.46. The lowest BCUT2D eigenvalue weighted by atomic mass is 10.2. The molecule has 0 spiro atoms. The van der Waals surface area contributed by atoms with Crippen molar-refractivity contribution in [2.45, 2.75) is 37.5 Å². The van der Waals surface area contributed by atoms with Crippen LogP contribution in [0.2, 0.25) is 0 Å². The van der Waals surface area contributed by atoms with Crippen LogP contribution in [-0.4, -0.2) is 34.0 Å². The largest absolute Gasteiger partial charge is 0.497 e. The normalized spacial score (nSPS) is 15.9. The Morgan fingerprint density at radius 1 is 1.32 bits per heavy atom. The topological polar surface area (TPSA) is 68.3 Å². The van der Waals surface area contributed by atoms with Crippen molar-refractivity contribution in [3.63, 3.8) is 0 Å². The van der Waals surface area contributed by atoms with Crippen molar-refractivity contribution >= 4 is 28.0 Å². The Labute approximate surface area is 154 Å².